The van der Waals surface area contributed by atoms with Crippen LogP contribution in [0.2, 0.25) is 10.0 Å². The van der Waals surface area contributed by atoms with Gasteiger partial charge in [0.05, 0.1) is 33.7 Å². The maximum atomic E-state index is 6.09. The molecule has 0 fully saturated rings. The van der Waals surface area contributed by atoms with E-state index in [1.54, 1.807) is 6.07 Å². The molecule has 0 unspecified atom stereocenters. The summed E-state index contributed by atoms with van der Waals surface area (Å²) in [6.07, 6.45) is 0. The summed E-state index contributed by atoms with van der Waals surface area (Å²) >= 11 is 12.0. The fourth-order valence-corrected chi connectivity index (χ4v) is 2.02. The number of benzene rings is 1. The van der Waals surface area contributed by atoms with Crippen molar-refractivity contribution in [2.45, 2.75) is 13.5 Å². The van der Waals surface area contributed by atoms with Crippen molar-refractivity contribution >= 4 is 28.9 Å². The van der Waals surface area contributed by atoms with Gasteiger partial charge in [-0.1, -0.05) is 29.3 Å². The maximum Gasteiger partial charge on any atom is 0.0823 e. The van der Waals surface area contributed by atoms with E-state index < -0.39 is 0 Å². The fraction of sp³-hybridized carbons (Fsp3) is 0.250. The minimum atomic E-state index is 0.549. The quantitative estimate of drug-likeness (QED) is 0.922. The van der Waals surface area contributed by atoms with Gasteiger partial charge in [0.1, 0.15) is 0 Å². The lowest BCUT2D eigenvalue weighted by molar-refractivity contribution is 0.713. The Labute approximate surface area is 110 Å². The van der Waals surface area contributed by atoms with Gasteiger partial charge < -0.3 is 5.32 Å². The van der Waals surface area contributed by atoms with Crippen molar-refractivity contribution in [3.63, 3.8) is 0 Å². The summed E-state index contributed by atoms with van der Waals surface area (Å²) in [5.74, 6) is 0. The number of rotatable bonds is 3. The topological polar surface area (TPSA) is 29.9 Å². The molecular formula is C12H13Cl2N3. The third-order valence-electron chi connectivity index (χ3n) is 2.51. The number of aryl methyl sites for hydroxylation is 2. The molecule has 0 aliphatic heterocycles. The lowest BCUT2D eigenvalue weighted by Crippen LogP contribution is -2.05. The number of aromatic nitrogens is 2. The minimum absolute atomic E-state index is 0.549. The monoisotopic (exact) mass is 269 g/mol. The number of nitrogens with zero attached hydrogens (tertiary/aromatic N) is 2. The molecule has 17 heavy (non-hydrogen) atoms. The molecule has 0 saturated carbocycles. The van der Waals surface area contributed by atoms with E-state index in [1.807, 2.05) is 36.9 Å². The number of halogens is 2. The van der Waals surface area contributed by atoms with Gasteiger partial charge in [-0.05, 0) is 25.1 Å². The Morgan fingerprint density at radius 3 is 2.76 bits per heavy atom. The molecule has 0 spiro atoms. The molecule has 3 nitrogen and oxygen atoms in total. The Kier molecular flexibility index (Phi) is 3.60. The van der Waals surface area contributed by atoms with Gasteiger partial charge >= 0.3 is 0 Å². The first-order valence-electron chi connectivity index (χ1n) is 5.25. The molecule has 0 saturated heterocycles. The minimum Gasteiger partial charge on any atom is -0.378 e. The fourth-order valence-electron chi connectivity index (χ4n) is 1.66. The molecule has 1 heterocycles. The van der Waals surface area contributed by atoms with Crippen molar-refractivity contribution in [2.75, 3.05) is 5.32 Å². The van der Waals surface area contributed by atoms with Crippen molar-refractivity contribution < 1.29 is 0 Å². The molecule has 5 heteroatoms. The lowest BCUT2D eigenvalue weighted by atomic mass is 10.3. The van der Waals surface area contributed by atoms with E-state index in [-0.39, 0.29) is 0 Å². The van der Waals surface area contributed by atoms with E-state index in [9.17, 15) is 0 Å². The Balaban J connectivity index is 2.12. The zero-order valence-electron chi connectivity index (χ0n) is 9.67. The molecule has 1 aromatic heterocycles. The first kappa shape index (κ1) is 12.3. The highest BCUT2D eigenvalue weighted by atomic mass is 35.5. The number of hydrogen-bond acceptors (Lipinski definition) is 2. The van der Waals surface area contributed by atoms with Crippen molar-refractivity contribution in [3.05, 3.63) is 45.7 Å². The summed E-state index contributed by atoms with van der Waals surface area (Å²) in [6, 6.07) is 7.57. The zero-order chi connectivity index (χ0) is 12.4. The van der Waals surface area contributed by atoms with E-state index >= 15 is 0 Å². The summed E-state index contributed by atoms with van der Waals surface area (Å²) in [5, 5.41) is 8.63. The van der Waals surface area contributed by atoms with Gasteiger partial charge in [0, 0.05) is 7.05 Å². The van der Waals surface area contributed by atoms with E-state index in [2.05, 4.69) is 10.4 Å². The molecule has 1 N–H and O–H groups in total. The van der Waals surface area contributed by atoms with Gasteiger partial charge in [-0.2, -0.15) is 5.10 Å². The Hall–Kier alpha value is -1.19. The van der Waals surface area contributed by atoms with E-state index in [1.165, 1.54) is 0 Å². The molecule has 0 aliphatic rings. The molecular weight excluding hydrogens is 257 g/mol. The summed E-state index contributed by atoms with van der Waals surface area (Å²) in [6.45, 7) is 2.63. The van der Waals surface area contributed by atoms with Crippen LogP contribution < -0.4 is 5.32 Å². The van der Waals surface area contributed by atoms with Crippen LogP contribution in [0.1, 0.15) is 11.4 Å². The third kappa shape index (κ3) is 2.73. The van der Waals surface area contributed by atoms with E-state index in [0.29, 0.717) is 16.6 Å². The molecule has 0 atom stereocenters. The van der Waals surface area contributed by atoms with Crippen molar-refractivity contribution in [3.8, 4) is 0 Å². The van der Waals surface area contributed by atoms with Crippen molar-refractivity contribution in [1.82, 2.24) is 9.78 Å². The number of anilines is 1. The third-order valence-corrected chi connectivity index (χ3v) is 3.33. The predicted octanol–water partition coefficient (Wildman–Crippen LogP) is 3.65. The van der Waals surface area contributed by atoms with Crippen LogP contribution in [0.4, 0.5) is 5.69 Å². The second-order valence-electron chi connectivity index (χ2n) is 3.86. The van der Waals surface area contributed by atoms with Gasteiger partial charge in [0.25, 0.3) is 0 Å². The van der Waals surface area contributed by atoms with Crippen LogP contribution in [0, 0.1) is 6.92 Å². The highest BCUT2D eigenvalue weighted by molar-refractivity contribution is 6.43. The van der Waals surface area contributed by atoms with Crippen LogP contribution >= 0.6 is 23.2 Å². The standard InChI is InChI=1S/C12H13Cl2N3/c1-8-6-9(17(2)16-8)7-15-11-5-3-4-10(13)12(11)14/h3-6,15H,7H2,1-2H3. The van der Waals surface area contributed by atoms with E-state index in [4.69, 9.17) is 23.2 Å². The molecule has 1 aromatic carbocycles. The summed E-state index contributed by atoms with van der Waals surface area (Å²) < 4.78 is 1.85. The van der Waals surface area contributed by atoms with Gasteiger partial charge in [-0.3, -0.25) is 4.68 Å². The first-order valence-corrected chi connectivity index (χ1v) is 6.01. The van der Waals surface area contributed by atoms with Crippen molar-refractivity contribution in [1.29, 1.82) is 0 Å². The highest BCUT2D eigenvalue weighted by Crippen LogP contribution is 2.29. The second kappa shape index (κ2) is 4.98. The van der Waals surface area contributed by atoms with E-state index in [0.717, 1.165) is 17.1 Å². The smallest absolute Gasteiger partial charge is 0.0823 e. The molecule has 0 aliphatic carbocycles. The van der Waals surface area contributed by atoms with Crippen LogP contribution in [0.5, 0.6) is 0 Å². The van der Waals surface area contributed by atoms with Crippen molar-refractivity contribution in [2.24, 2.45) is 7.05 Å². The van der Waals surface area contributed by atoms with Crippen LogP contribution in [0.3, 0.4) is 0 Å². The molecule has 0 radical (unpaired) electrons. The molecule has 2 aromatic rings. The number of nitrogens with one attached hydrogen (secondary N) is 1. The number of hydrogen-bond donors (Lipinski definition) is 1. The summed E-state index contributed by atoms with van der Waals surface area (Å²) in [7, 11) is 1.92. The lowest BCUT2D eigenvalue weighted by Gasteiger charge is -2.09. The van der Waals surface area contributed by atoms with Crippen LogP contribution in [-0.2, 0) is 13.6 Å². The van der Waals surface area contributed by atoms with Gasteiger partial charge in [0.2, 0.25) is 0 Å². The Bertz CT molecular complexity index is 535. The zero-order valence-corrected chi connectivity index (χ0v) is 11.2. The van der Waals surface area contributed by atoms with Crippen LogP contribution in [-0.4, -0.2) is 9.78 Å². The second-order valence-corrected chi connectivity index (χ2v) is 4.64. The average molecular weight is 270 g/mol. The van der Waals surface area contributed by atoms with Gasteiger partial charge in [0.15, 0.2) is 0 Å². The normalized spacial score (nSPS) is 10.6. The molecule has 90 valence electrons. The molecule has 0 amide bonds. The van der Waals surface area contributed by atoms with Crippen LogP contribution in [0.15, 0.2) is 24.3 Å². The molecule has 0 bridgehead atoms. The molecule has 2 rings (SSSR count). The Morgan fingerprint density at radius 2 is 2.12 bits per heavy atom. The van der Waals surface area contributed by atoms with Gasteiger partial charge in [-0.25, -0.2) is 0 Å². The predicted molar refractivity (Wildman–Crippen MR) is 71.7 cm³/mol. The first-order chi connectivity index (χ1) is 8.08. The SMILES string of the molecule is Cc1cc(CNc2cccc(Cl)c2Cl)n(C)n1. The summed E-state index contributed by atoms with van der Waals surface area (Å²) in [5.41, 5.74) is 2.93. The largest absolute Gasteiger partial charge is 0.378 e. The highest BCUT2D eigenvalue weighted by Gasteiger charge is 2.05. The Morgan fingerprint density at radius 1 is 1.35 bits per heavy atom. The van der Waals surface area contributed by atoms with Gasteiger partial charge in [-0.15, -0.1) is 0 Å². The maximum absolute atomic E-state index is 6.09. The summed E-state index contributed by atoms with van der Waals surface area (Å²) in [4.78, 5) is 0. The van der Waals surface area contributed by atoms with Crippen LogP contribution in [0.25, 0.3) is 0 Å². The average Bonchev–Trinajstić information content (AvgIpc) is 2.60.